The molecular weight excluding hydrogens is 330 g/mol. The van der Waals surface area contributed by atoms with Gasteiger partial charge < -0.3 is 9.47 Å². The summed E-state index contributed by atoms with van der Waals surface area (Å²) in [6, 6.07) is 3.85. The molecule has 1 aliphatic rings. The first-order valence-electron chi connectivity index (χ1n) is 7.18. The molecular formula is C17H19NO3S2. The number of ether oxygens (including phenoxy) is 2. The number of thioether (sulfide) groups is 1. The fourth-order valence-corrected chi connectivity index (χ4v) is 3.44. The third kappa shape index (κ3) is 3.76. The van der Waals surface area contributed by atoms with Gasteiger partial charge >= 0.3 is 0 Å². The third-order valence-electron chi connectivity index (χ3n) is 3.31. The van der Waals surface area contributed by atoms with Crippen molar-refractivity contribution in [3.63, 3.8) is 0 Å². The van der Waals surface area contributed by atoms with E-state index in [-0.39, 0.29) is 5.91 Å². The molecule has 1 heterocycles. The van der Waals surface area contributed by atoms with Crippen LogP contribution in [-0.4, -0.2) is 35.9 Å². The average Bonchev–Trinajstić information content (AvgIpc) is 2.75. The lowest BCUT2D eigenvalue weighted by molar-refractivity contribution is -0.121. The molecule has 1 fully saturated rings. The van der Waals surface area contributed by atoms with Gasteiger partial charge in [0.2, 0.25) is 0 Å². The van der Waals surface area contributed by atoms with E-state index >= 15 is 0 Å². The van der Waals surface area contributed by atoms with E-state index in [1.165, 1.54) is 16.7 Å². The number of carbonyl (C=O) groups excluding carboxylic acids is 1. The normalized spacial score (nSPS) is 16.1. The number of allylic oxidation sites excluding steroid dienone is 1. The molecule has 0 N–H and O–H groups in total. The first-order valence-corrected chi connectivity index (χ1v) is 8.40. The van der Waals surface area contributed by atoms with Crippen LogP contribution in [0.2, 0.25) is 0 Å². The number of benzene rings is 1. The molecule has 0 bridgehead atoms. The molecule has 0 unspecified atom stereocenters. The Kier molecular flexibility index (Phi) is 5.85. The summed E-state index contributed by atoms with van der Waals surface area (Å²) in [5.41, 5.74) is 1.84. The van der Waals surface area contributed by atoms with Crippen LogP contribution in [0.3, 0.4) is 0 Å². The number of methoxy groups -OCH3 is 1. The molecule has 4 nitrogen and oxygen atoms in total. The summed E-state index contributed by atoms with van der Waals surface area (Å²) in [6.45, 7) is 6.23. The summed E-state index contributed by atoms with van der Waals surface area (Å²) in [6.07, 6.45) is 4.29. The average molecular weight is 349 g/mol. The SMILES string of the molecule is C=CCc1cc(/C=C2\SC(=S)N(C)C2=O)cc(OCC)c1OC. The van der Waals surface area contributed by atoms with Gasteiger partial charge in [0.1, 0.15) is 4.32 Å². The minimum Gasteiger partial charge on any atom is -0.493 e. The Morgan fingerprint density at radius 1 is 1.43 bits per heavy atom. The number of rotatable bonds is 6. The van der Waals surface area contributed by atoms with Crippen LogP contribution in [0.5, 0.6) is 11.5 Å². The lowest BCUT2D eigenvalue weighted by Crippen LogP contribution is -2.22. The highest BCUT2D eigenvalue weighted by Crippen LogP contribution is 2.36. The third-order valence-corrected chi connectivity index (χ3v) is 4.79. The van der Waals surface area contributed by atoms with Crippen LogP contribution in [0, 0.1) is 0 Å². The second-order valence-electron chi connectivity index (χ2n) is 4.88. The molecule has 0 saturated carbocycles. The van der Waals surface area contributed by atoms with Gasteiger partial charge in [-0.3, -0.25) is 9.69 Å². The van der Waals surface area contributed by atoms with Crippen LogP contribution in [0.25, 0.3) is 6.08 Å². The van der Waals surface area contributed by atoms with E-state index in [1.807, 2.05) is 31.2 Å². The van der Waals surface area contributed by atoms with Gasteiger partial charge in [0.25, 0.3) is 5.91 Å². The lowest BCUT2D eigenvalue weighted by atomic mass is 10.0. The summed E-state index contributed by atoms with van der Waals surface area (Å²) in [5, 5.41) is 0. The van der Waals surface area contributed by atoms with Crippen molar-refractivity contribution in [1.82, 2.24) is 4.90 Å². The predicted molar refractivity (Wildman–Crippen MR) is 99.0 cm³/mol. The standard InChI is InChI=1S/C17H19NO3S2/c1-5-7-12-8-11(9-13(21-6-2)15(12)20-4)10-14-16(19)18(3)17(22)23-14/h5,8-10H,1,6-7H2,2-4H3/b14-10-. The Bertz CT molecular complexity index is 683. The van der Waals surface area contributed by atoms with Crippen molar-refractivity contribution in [3.8, 4) is 11.5 Å². The summed E-state index contributed by atoms with van der Waals surface area (Å²) in [5.74, 6) is 1.28. The Hall–Kier alpha value is -1.79. The number of thiocarbonyl (C=S) groups is 1. The molecule has 1 amide bonds. The Labute approximate surface area is 146 Å². The van der Waals surface area contributed by atoms with Crippen LogP contribution in [0.1, 0.15) is 18.1 Å². The van der Waals surface area contributed by atoms with Crippen molar-refractivity contribution in [2.75, 3.05) is 20.8 Å². The lowest BCUT2D eigenvalue weighted by Gasteiger charge is -2.14. The fraction of sp³-hybridized carbons (Fsp3) is 0.294. The van der Waals surface area contributed by atoms with Crippen LogP contribution < -0.4 is 9.47 Å². The van der Waals surface area contributed by atoms with E-state index in [0.717, 1.165) is 11.1 Å². The van der Waals surface area contributed by atoms with Crippen molar-refractivity contribution in [2.45, 2.75) is 13.3 Å². The molecule has 0 aromatic heterocycles. The maximum Gasteiger partial charge on any atom is 0.265 e. The number of nitrogens with zero attached hydrogens (tertiary/aromatic N) is 1. The first kappa shape index (κ1) is 17.6. The van der Waals surface area contributed by atoms with Gasteiger partial charge in [-0.1, -0.05) is 30.1 Å². The van der Waals surface area contributed by atoms with E-state index in [2.05, 4.69) is 6.58 Å². The minimum atomic E-state index is -0.0842. The molecule has 2 rings (SSSR count). The van der Waals surface area contributed by atoms with Crippen LogP contribution in [0.15, 0.2) is 29.7 Å². The second-order valence-corrected chi connectivity index (χ2v) is 6.55. The van der Waals surface area contributed by atoms with Crippen molar-refractivity contribution in [3.05, 3.63) is 40.8 Å². The van der Waals surface area contributed by atoms with Gasteiger partial charge in [0.05, 0.1) is 18.6 Å². The van der Waals surface area contributed by atoms with Crippen molar-refractivity contribution >= 4 is 40.3 Å². The van der Waals surface area contributed by atoms with Gasteiger partial charge in [0, 0.05) is 12.6 Å². The van der Waals surface area contributed by atoms with Crippen molar-refractivity contribution in [2.24, 2.45) is 0 Å². The monoisotopic (exact) mass is 349 g/mol. The summed E-state index contributed by atoms with van der Waals surface area (Å²) < 4.78 is 11.7. The maximum absolute atomic E-state index is 12.1. The zero-order valence-corrected chi connectivity index (χ0v) is 15.1. The van der Waals surface area contributed by atoms with Crippen LogP contribution >= 0.6 is 24.0 Å². The largest absolute Gasteiger partial charge is 0.493 e. The number of carbonyl (C=O) groups is 1. The van der Waals surface area contributed by atoms with Crippen molar-refractivity contribution in [1.29, 1.82) is 0 Å². The Morgan fingerprint density at radius 2 is 2.17 bits per heavy atom. The van der Waals surface area contributed by atoms with Gasteiger partial charge in [-0.15, -0.1) is 6.58 Å². The zero-order chi connectivity index (χ0) is 17.0. The number of hydrogen-bond donors (Lipinski definition) is 0. The predicted octanol–water partition coefficient (Wildman–Crippen LogP) is 3.65. The highest BCUT2D eigenvalue weighted by atomic mass is 32.2. The quantitative estimate of drug-likeness (QED) is 0.445. The molecule has 1 aromatic rings. The van der Waals surface area contributed by atoms with E-state index in [4.69, 9.17) is 21.7 Å². The number of hydrogen-bond acceptors (Lipinski definition) is 5. The molecule has 0 radical (unpaired) electrons. The van der Waals surface area contributed by atoms with Crippen molar-refractivity contribution < 1.29 is 14.3 Å². The van der Waals surface area contributed by atoms with Gasteiger partial charge in [-0.25, -0.2) is 0 Å². The molecule has 1 saturated heterocycles. The molecule has 0 atom stereocenters. The molecule has 122 valence electrons. The number of likely N-dealkylation sites (N-methyl/N-ethyl adjacent to an activating group) is 1. The highest BCUT2D eigenvalue weighted by Gasteiger charge is 2.28. The Balaban J connectivity index is 2.48. The van der Waals surface area contributed by atoms with E-state index in [1.54, 1.807) is 14.2 Å². The molecule has 1 aliphatic heterocycles. The zero-order valence-electron chi connectivity index (χ0n) is 13.4. The van der Waals surface area contributed by atoms with E-state index in [0.29, 0.717) is 33.8 Å². The second kappa shape index (κ2) is 7.66. The van der Waals surface area contributed by atoms with Gasteiger partial charge in [-0.2, -0.15) is 0 Å². The van der Waals surface area contributed by atoms with Gasteiger partial charge in [-0.05, 0) is 37.1 Å². The molecule has 0 spiro atoms. The van der Waals surface area contributed by atoms with Crippen LogP contribution in [0.4, 0.5) is 0 Å². The molecule has 6 heteroatoms. The highest BCUT2D eigenvalue weighted by molar-refractivity contribution is 8.26. The van der Waals surface area contributed by atoms with E-state index in [9.17, 15) is 4.79 Å². The fourth-order valence-electron chi connectivity index (χ4n) is 2.27. The van der Waals surface area contributed by atoms with Gasteiger partial charge in [0.15, 0.2) is 11.5 Å². The minimum absolute atomic E-state index is 0.0842. The summed E-state index contributed by atoms with van der Waals surface area (Å²) >= 11 is 6.46. The molecule has 1 aromatic carbocycles. The smallest absolute Gasteiger partial charge is 0.265 e. The Morgan fingerprint density at radius 3 is 2.70 bits per heavy atom. The van der Waals surface area contributed by atoms with Crippen LogP contribution in [-0.2, 0) is 11.2 Å². The molecule has 0 aliphatic carbocycles. The summed E-state index contributed by atoms with van der Waals surface area (Å²) in [4.78, 5) is 14.2. The molecule has 23 heavy (non-hydrogen) atoms. The maximum atomic E-state index is 12.1. The summed E-state index contributed by atoms with van der Waals surface area (Å²) in [7, 11) is 3.30. The topological polar surface area (TPSA) is 38.8 Å². The first-order chi connectivity index (χ1) is 11.0. The number of amides is 1. The van der Waals surface area contributed by atoms with E-state index < -0.39 is 0 Å².